The maximum Gasteiger partial charge on any atom is 0.242 e. The fourth-order valence-electron chi connectivity index (χ4n) is 12.4. The van der Waals surface area contributed by atoms with Crippen LogP contribution in [0.2, 0.25) is 0 Å². The lowest BCUT2D eigenvalue weighted by Crippen LogP contribution is -2.57. The molecular weight excluding hydrogens is 649 g/mol. The van der Waals surface area contributed by atoms with Gasteiger partial charge in [0.05, 0.1) is 22.0 Å². The first-order valence-electron chi connectivity index (χ1n) is 23.8. The lowest BCUT2D eigenvalue weighted by Gasteiger charge is -2.63. The van der Waals surface area contributed by atoms with E-state index in [2.05, 4.69) is 102 Å². The Balaban J connectivity index is 1.05. The highest BCUT2D eigenvalue weighted by molar-refractivity contribution is 6.96. The number of fused-ring (bicyclic) bond motifs is 3. The number of hydrogen-bond donors (Lipinski definition) is 0. The van der Waals surface area contributed by atoms with Gasteiger partial charge in [0.1, 0.15) is 0 Å². The quantitative estimate of drug-likeness (QED) is 0.152. The third kappa shape index (κ3) is 5.20. The number of rotatable bonds is 6. The van der Waals surface area contributed by atoms with E-state index in [1.807, 2.05) is 12.1 Å². The molecule has 2 heteroatoms. The highest BCUT2D eigenvalue weighted by Crippen LogP contribution is 2.66. The first-order valence-corrected chi connectivity index (χ1v) is 19.8. The number of aryl methyl sites for hydroxylation is 6. The van der Waals surface area contributed by atoms with E-state index in [9.17, 15) is 0 Å². The van der Waals surface area contributed by atoms with Crippen LogP contribution in [0, 0.1) is 53.4 Å². The van der Waals surface area contributed by atoms with E-state index in [1.165, 1.54) is 80.2 Å². The normalized spacial score (nSPS) is 25.1. The summed E-state index contributed by atoms with van der Waals surface area (Å²) in [7, 11) is 0. The molecule has 0 radical (unpaired) electrons. The summed E-state index contributed by atoms with van der Waals surface area (Å²) < 4.78 is 71.1. The van der Waals surface area contributed by atoms with E-state index >= 15 is 0 Å². The second kappa shape index (κ2) is 12.4. The molecule has 0 aliphatic heterocycles. The van der Waals surface area contributed by atoms with Gasteiger partial charge in [0.2, 0.25) is 6.71 Å². The van der Waals surface area contributed by atoms with Crippen LogP contribution in [0.4, 0.5) is 0 Å². The van der Waals surface area contributed by atoms with Gasteiger partial charge >= 0.3 is 0 Å². The average Bonchev–Trinajstić information content (AvgIpc) is 3.58. The molecule has 0 N–H and O–H groups in total. The van der Waals surface area contributed by atoms with Crippen molar-refractivity contribution in [3.63, 3.8) is 0 Å². The number of para-hydroxylation sites is 2. The Labute approximate surface area is 333 Å². The Bertz CT molecular complexity index is 2840. The lowest BCUT2D eigenvalue weighted by atomic mass is 9.34. The van der Waals surface area contributed by atoms with Crippen molar-refractivity contribution in [2.45, 2.75) is 90.9 Å². The molecule has 2 atom stereocenters. The zero-order valence-electron chi connectivity index (χ0n) is 40.4. The molecule has 4 aliphatic rings. The van der Waals surface area contributed by atoms with Gasteiger partial charge in [-0.2, -0.15) is 0 Å². The summed E-state index contributed by atoms with van der Waals surface area (Å²) in [6.07, 6.45) is 7.01. The second-order valence-electron chi connectivity index (χ2n) is 17.5. The van der Waals surface area contributed by atoms with E-state index in [0.29, 0.717) is 17.5 Å². The van der Waals surface area contributed by atoms with Crippen LogP contribution in [-0.4, -0.2) is 11.3 Å². The SMILES string of the molecule is [2H]c1c([2H])c([2H])c2c(c1[2H])c1c([2H])c([2H])c([2H])c([2H])c1n2-c1ccc(C23CC4CC(CC(c5ccc(B(c6c(C)cc(C)cc6C)c6c(C)cc(C)cc6C)cc5)(C4)C2)C3)cc1. The standard InChI is InChI=1S/C52H52BN/c1-33-23-35(3)49(36(4)24-33)53(50-37(5)25-34(2)26-38(50)6)43-19-15-41(16-20-43)51-28-39-27-40(29-51)31-52(30-39,32-51)42-17-21-44(22-18-42)54-47-13-9-7-11-45(47)46-12-8-10-14-48(46)54/h7-26,39-40H,27-32H2,1-6H3/i7D,8D,9D,10D,11D,12D,13D,14D. The molecule has 1 aromatic heterocycles. The number of hydrogen-bond acceptors (Lipinski definition) is 0. The van der Waals surface area contributed by atoms with Gasteiger partial charge in [-0.25, -0.2) is 0 Å². The van der Waals surface area contributed by atoms with Crippen molar-refractivity contribution in [2.75, 3.05) is 0 Å². The van der Waals surface area contributed by atoms with Gasteiger partial charge in [-0.3, -0.25) is 0 Å². The molecule has 0 spiro atoms. The van der Waals surface area contributed by atoms with Crippen molar-refractivity contribution in [2.24, 2.45) is 11.8 Å². The van der Waals surface area contributed by atoms with Crippen molar-refractivity contribution in [3.05, 3.63) is 166 Å². The van der Waals surface area contributed by atoms with Gasteiger partial charge in [0, 0.05) is 16.5 Å². The zero-order valence-corrected chi connectivity index (χ0v) is 32.4. The Morgan fingerprint density at radius 1 is 0.556 bits per heavy atom. The fraction of sp³-hybridized carbons (Fsp3) is 0.308. The van der Waals surface area contributed by atoms with Crippen LogP contribution in [0.3, 0.4) is 0 Å². The molecule has 1 nitrogen and oxygen atoms in total. The average molecular weight is 710 g/mol. The predicted octanol–water partition coefficient (Wildman–Crippen LogP) is 10.9. The van der Waals surface area contributed by atoms with Crippen LogP contribution in [-0.2, 0) is 10.8 Å². The zero-order chi connectivity index (χ0) is 43.9. The fourth-order valence-corrected chi connectivity index (χ4v) is 12.4. The maximum absolute atomic E-state index is 8.97. The van der Waals surface area contributed by atoms with Crippen molar-refractivity contribution in [1.82, 2.24) is 4.57 Å². The molecule has 2 unspecified atom stereocenters. The van der Waals surface area contributed by atoms with Crippen molar-refractivity contribution in [1.29, 1.82) is 0 Å². The van der Waals surface area contributed by atoms with E-state index in [1.54, 1.807) is 4.57 Å². The molecule has 0 amide bonds. The summed E-state index contributed by atoms with van der Waals surface area (Å²) in [6.45, 7) is 13.6. The minimum absolute atomic E-state index is 0.0102. The molecule has 1 heterocycles. The highest BCUT2D eigenvalue weighted by Gasteiger charge is 2.58. The summed E-state index contributed by atoms with van der Waals surface area (Å²) in [4.78, 5) is 0. The van der Waals surface area contributed by atoms with Crippen LogP contribution in [0.1, 0.15) is 94.0 Å². The van der Waals surface area contributed by atoms with Gasteiger partial charge in [-0.05, 0) is 138 Å². The van der Waals surface area contributed by atoms with Crippen molar-refractivity contribution in [3.8, 4) is 5.69 Å². The topological polar surface area (TPSA) is 4.93 Å². The Morgan fingerprint density at radius 2 is 0.963 bits per heavy atom. The lowest BCUT2D eigenvalue weighted by molar-refractivity contribution is -0.0281. The van der Waals surface area contributed by atoms with Crippen LogP contribution >= 0.6 is 0 Å². The van der Waals surface area contributed by atoms with E-state index < -0.39 is 24.2 Å². The molecule has 0 saturated heterocycles. The molecule has 11 rings (SSSR count). The minimum Gasteiger partial charge on any atom is -0.309 e. The molecular formula is C52H52BN. The molecule has 6 aromatic carbocycles. The Hall–Kier alpha value is -4.82. The van der Waals surface area contributed by atoms with Gasteiger partial charge in [-0.1, -0.05) is 147 Å². The summed E-state index contributed by atoms with van der Waals surface area (Å²) in [5, 5.41) is 0.214. The smallest absolute Gasteiger partial charge is 0.242 e. The summed E-state index contributed by atoms with van der Waals surface area (Å²) in [6, 6.07) is 24.6. The van der Waals surface area contributed by atoms with Crippen molar-refractivity contribution >= 4 is 44.9 Å². The molecule has 54 heavy (non-hydrogen) atoms. The molecule has 4 fully saturated rings. The van der Waals surface area contributed by atoms with Crippen LogP contribution in [0.25, 0.3) is 27.5 Å². The van der Waals surface area contributed by atoms with Gasteiger partial charge in [-0.15, -0.1) is 0 Å². The van der Waals surface area contributed by atoms with Crippen LogP contribution < -0.4 is 16.4 Å². The Kier molecular flexibility index (Phi) is 5.96. The van der Waals surface area contributed by atoms with Gasteiger partial charge in [0.25, 0.3) is 0 Å². The van der Waals surface area contributed by atoms with E-state index in [-0.39, 0.29) is 63.5 Å². The predicted molar refractivity (Wildman–Crippen MR) is 231 cm³/mol. The first kappa shape index (κ1) is 26.1. The largest absolute Gasteiger partial charge is 0.309 e. The van der Waals surface area contributed by atoms with Gasteiger partial charge in [0.15, 0.2) is 0 Å². The first-order chi connectivity index (χ1) is 29.4. The Morgan fingerprint density at radius 3 is 1.41 bits per heavy atom. The summed E-state index contributed by atoms with van der Waals surface area (Å²) in [5.74, 6) is 1.26. The molecule has 4 aliphatic carbocycles. The van der Waals surface area contributed by atoms with E-state index in [0.717, 1.165) is 19.3 Å². The molecule has 4 saturated carbocycles. The third-order valence-corrected chi connectivity index (χ3v) is 13.7. The second-order valence-corrected chi connectivity index (χ2v) is 17.5. The number of nitrogens with zero attached hydrogens (tertiary/aromatic N) is 1. The molecule has 268 valence electrons. The third-order valence-electron chi connectivity index (χ3n) is 13.7. The monoisotopic (exact) mass is 709 g/mol. The molecule has 7 aromatic rings. The summed E-state index contributed by atoms with van der Waals surface area (Å²) >= 11 is 0. The minimum atomic E-state index is -0.428. The molecule has 4 bridgehead atoms. The maximum atomic E-state index is 8.97. The summed E-state index contributed by atoms with van der Waals surface area (Å²) in [5.41, 5.74) is 15.7. The number of aromatic nitrogens is 1. The van der Waals surface area contributed by atoms with Crippen molar-refractivity contribution < 1.29 is 11.0 Å². The van der Waals surface area contributed by atoms with Crippen LogP contribution in [0.5, 0.6) is 0 Å². The van der Waals surface area contributed by atoms with Gasteiger partial charge < -0.3 is 4.57 Å². The van der Waals surface area contributed by atoms with Crippen LogP contribution in [0.15, 0.2) is 121 Å². The van der Waals surface area contributed by atoms with E-state index in [4.69, 9.17) is 11.0 Å². The number of benzene rings is 6. The highest BCUT2D eigenvalue weighted by atomic mass is 15.0.